The molecule has 0 aliphatic carbocycles. The van der Waals surface area contributed by atoms with Crippen molar-refractivity contribution in [3.63, 3.8) is 0 Å². The first kappa shape index (κ1) is 23.9. The Morgan fingerprint density at radius 3 is 0.870 bits per heavy atom. The highest BCUT2D eigenvalue weighted by molar-refractivity contribution is 6.00. The standard InChI is InChI=1S/C10H18O2.C9H16O2/c1-7(2)9(11)5-6-10(12)8(3)4;1-6(2)8(10)5-9(11)7(3)4/h7-8H,5-6H2,1-4H3;6-7H,5H2,1-4H3. The van der Waals surface area contributed by atoms with E-state index >= 15 is 0 Å². The third kappa shape index (κ3) is 12.9. The fraction of sp³-hybridized carbons (Fsp3) is 0.789. The molecule has 0 N–H and O–H groups in total. The number of ketones is 4. The van der Waals surface area contributed by atoms with Crippen LogP contribution in [0, 0.1) is 23.7 Å². The molecule has 23 heavy (non-hydrogen) atoms. The normalized spacial score (nSPS) is 10.8. The Hall–Kier alpha value is -1.32. The quantitative estimate of drug-likeness (QED) is 0.600. The molecule has 0 saturated heterocycles. The first-order valence-electron chi connectivity index (χ1n) is 8.50. The molecule has 0 aliphatic heterocycles. The largest absolute Gasteiger partial charge is 0.299 e. The summed E-state index contributed by atoms with van der Waals surface area (Å²) in [5, 5.41) is 0. The predicted octanol–water partition coefficient (Wildman–Crippen LogP) is 4.04. The van der Waals surface area contributed by atoms with Crippen LogP contribution in [0.25, 0.3) is 0 Å². The van der Waals surface area contributed by atoms with Crippen LogP contribution >= 0.6 is 0 Å². The molecule has 134 valence electrons. The summed E-state index contributed by atoms with van der Waals surface area (Å²) in [6, 6.07) is 0. The molecule has 0 spiro atoms. The van der Waals surface area contributed by atoms with Crippen LogP contribution in [0.1, 0.15) is 74.7 Å². The van der Waals surface area contributed by atoms with Crippen molar-refractivity contribution in [1.82, 2.24) is 0 Å². The van der Waals surface area contributed by atoms with Crippen LogP contribution in [0.3, 0.4) is 0 Å². The smallest absolute Gasteiger partial charge is 0.142 e. The fourth-order valence-corrected chi connectivity index (χ4v) is 1.40. The Morgan fingerprint density at radius 1 is 0.478 bits per heavy atom. The minimum absolute atomic E-state index is 0.0160. The second kappa shape index (κ2) is 12.1. The van der Waals surface area contributed by atoms with E-state index in [1.807, 2.05) is 55.4 Å². The molecule has 0 saturated carbocycles. The zero-order chi connectivity index (χ0) is 18.7. The van der Waals surface area contributed by atoms with Gasteiger partial charge in [-0.1, -0.05) is 55.4 Å². The first-order chi connectivity index (χ1) is 10.4. The topological polar surface area (TPSA) is 68.3 Å². The van der Waals surface area contributed by atoms with E-state index in [1.54, 1.807) is 0 Å². The SMILES string of the molecule is CC(C)C(=O)CC(=O)C(C)C.CC(C)C(=O)CCC(=O)C(C)C. The van der Waals surface area contributed by atoms with Gasteiger partial charge in [0.2, 0.25) is 0 Å². The van der Waals surface area contributed by atoms with Crippen molar-refractivity contribution >= 4 is 23.1 Å². The summed E-state index contributed by atoms with van der Waals surface area (Å²) in [4.78, 5) is 44.3. The predicted molar refractivity (Wildman–Crippen MR) is 93.2 cm³/mol. The van der Waals surface area contributed by atoms with Gasteiger partial charge >= 0.3 is 0 Å². The average molecular weight is 326 g/mol. The lowest BCUT2D eigenvalue weighted by molar-refractivity contribution is -0.130. The van der Waals surface area contributed by atoms with E-state index in [2.05, 4.69) is 0 Å². The minimum atomic E-state index is -0.0160. The lowest BCUT2D eigenvalue weighted by Gasteiger charge is -2.04. The van der Waals surface area contributed by atoms with Gasteiger partial charge in [-0.25, -0.2) is 0 Å². The Labute approximate surface area is 141 Å². The van der Waals surface area contributed by atoms with Crippen molar-refractivity contribution in [3.8, 4) is 0 Å². The molecule has 4 nitrogen and oxygen atoms in total. The van der Waals surface area contributed by atoms with Crippen molar-refractivity contribution in [2.45, 2.75) is 74.7 Å². The summed E-state index contributed by atoms with van der Waals surface area (Å²) >= 11 is 0. The molecule has 0 fully saturated rings. The molecule has 4 heteroatoms. The van der Waals surface area contributed by atoms with Crippen molar-refractivity contribution in [1.29, 1.82) is 0 Å². The van der Waals surface area contributed by atoms with Crippen LogP contribution in [0.5, 0.6) is 0 Å². The van der Waals surface area contributed by atoms with E-state index < -0.39 is 0 Å². The van der Waals surface area contributed by atoms with Crippen LogP contribution in [0.2, 0.25) is 0 Å². The van der Waals surface area contributed by atoms with Crippen LogP contribution in [0.15, 0.2) is 0 Å². The third-order valence-electron chi connectivity index (χ3n) is 3.54. The maximum atomic E-state index is 11.1. The molecular formula is C19H34O4. The van der Waals surface area contributed by atoms with Crippen LogP contribution < -0.4 is 0 Å². The fourth-order valence-electron chi connectivity index (χ4n) is 1.40. The van der Waals surface area contributed by atoms with E-state index in [4.69, 9.17) is 0 Å². The Morgan fingerprint density at radius 2 is 0.696 bits per heavy atom. The van der Waals surface area contributed by atoms with Gasteiger partial charge in [0.15, 0.2) is 0 Å². The van der Waals surface area contributed by atoms with E-state index in [9.17, 15) is 19.2 Å². The summed E-state index contributed by atoms with van der Waals surface area (Å²) in [6.07, 6.45) is 0.929. The molecule has 0 aromatic carbocycles. The monoisotopic (exact) mass is 326 g/mol. The highest BCUT2D eigenvalue weighted by atomic mass is 16.2. The summed E-state index contributed by atoms with van der Waals surface area (Å²) in [5.74, 6) is 0.547. The van der Waals surface area contributed by atoms with Crippen molar-refractivity contribution in [2.24, 2.45) is 23.7 Å². The second-order valence-corrected chi connectivity index (χ2v) is 7.16. The van der Waals surface area contributed by atoms with E-state index in [0.717, 1.165) is 0 Å². The lowest BCUT2D eigenvalue weighted by atomic mass is 9.98. The number of hydrogen-bond donors (Lipinski definition) is 0. The average Bonchev–Trinajstić information content (AvgIpc) is 2.44. The minimum Gasteiger partial charge on any atom is -0.299 e. The Kier molecular flexibility index (Phi) is 12.6. The molecule has 0 aromatic rings. The van der Waals surface area contributed by atoms with Gasteiger partial charge in [-0.2, -0.15) is 0 Å². The van der Waals surface area contributed by atoms with Crippen molar-refractivity contribution in [3.05, 3.63) is 0 Å². The summed E-state index contributed by atoms with van der Waals surface area (Å²) < 4.78 is 0. The highest BCUT2D eigenvalue weighted by Gasteiger charge is 2.15. The van der Waals surface area contributed by atoms with Crippen molar-refractivity contribution < 1.29 is 19.2 Å². The van der Waals surface area contributed by atoms with E-state index in [1.165, 1.54) is 0 Å². The lowest BCUT2D eigenvalue weighted by Crippen LogP contribution is -2.16. The van der Waals surface area contributed by atoms with E-state index in [0.29, 0.717) is 12.8 Å². The molecule has 0 rings (SSSR count). The van der Waals surface area contributed by atoms with Gasteiger partial charge < -0.3 is 0 Å². The molecule has 0 atom stereocenters. The molecule has 0 amide bonds. The molecule has 0 bridgehead atoms. The van der Waals surface area contributed by atoms with Gasteiger partial charge in [0.25, 0.3) is 0 Å². The number of Topliss-reactive ketones (excluding diaryl/α,β-unsaturated/α-hetero) is 4. The van der Waals surface area contributed by atoms with Gasteiger partial charge in [0.1, 0.15) is 23.1 Å². The number of carbonyl (C=O) groups excluding carboxylic acids is 4. The maximum Gasteiger partial charge on any atom is 0.142 e. The van der Waals surface area contributed by atoms with Gasteiger partial charge in [-0.15, -0.1) is 0 Å². The van der Waals surface area contributed by atoms with Crippen LogP contribution in [-0.4, -0.2) is 23.1 Å². The zero-order valence-corrected chi connectivity index (χ0v) is 16.1. The molecule has 0 radical (unpaired) electrons. The third-order valence-corrected chi connectivity index (χ3v) is 3.54. The van der Waals surface area contributed by atoms with E-state index in [-0.39, 0.29) is 53.2 Å². The molecule has 0 heterocycles. The maximum absolute atomic E-state index is 11.1. The molecular weight excluding hydrogens is 292 g/mol. The molecule has 0 aromatic heterocycles. The summed E-state index contributed by atoms with van der Waals surface area (Å²) in [5.41, 5.74) is 0. The molecule has 0 aliphatic rings. The summed E-state index contributed by atoms with van der Waals surface area (Å²) in [7, 11) is 0. The highest BCUT2D eigenvalue weighted by Crippen LogP contribution is 2.06. The molecule has 0 unspecified atom stereocenters. The summed E-state index contributed by atoms with van der Waals surface area (Å²) in [6.45, 7) is 14.7. The van der Waals surface area contributed by atoms with Gasteiger partial charge in [-0.05, 0) is 0 Å². The number of carbonyl (C=O) groups is 4. The Balaban J connectivity index is 0. The Bertz CT molecular complexity index is 366. The number of hydrogen-bond acceptors (Lipinski definition) is 4. The van der Waals surface area contributed by atoms with Crippen molar-refractivity contribution in [2.75, 3.05) is 0 Å². The first-order valence-corrected chi connectivity index (χ1v) is 8.50. The zero-order valence-electron chi connectivity index (χ0n) is 16.1. The number of rotatable bonds is 9. The van der Waals surface area contributed by atoms with Crippen LogP contribution in [0.4, 0.5) is 0 Å². The second-order valence-electron chi connectivity index (χ2n) is 7.16. The van der Waals surface area contributed by atoms with Gasteiger partial charge in [0, 0.05) is 36.5 Å². The van der Waals surface area contributed by atoms with Crippen LogP contribution in [-0.2, 0) is 19.2 Å². The van der Waals surface area contributed by atoms with Gasteiger partial charge in [0.05, 0.1) is 6.42 Å². The van der Waals surface area contributed by atoms with Gasteiger partial charge in [-0.3, -0.25) is 19.2 Å².